The third-order valence-electron chi connectivity index (χ3n) is 2.46. The Morgan fingerprint density at radius 1 is 1.00 bits per heavy atom. The van der Waals surface area contributed by atoms with E-state index in [2.05, 4.69) is 0 Å². The second-order valence-corrected chi connectivity index (χ2v) is 7.37. The molecule has 3 heteroatoms. The van der Waals surface area contributed by atoms with E-state index < -0.39 is 0 Å². The van der Waals surface area contributed by atoms with Crippen molar-refractivity contribution in [3.8, 4) is 0 Å². The van der Waals surface area contributed by atoms with Crippen molar-refractivity contribution in [1.82, 2.24) is 0 Å². The Labute approximate surface area is 118 Å². The van der Waals surface area contributed by atoms with E-state index in [-0.39, 0.29) is 25.0 Å². The molecule has 92 valence electrons. The second-order valence-electron chi connectivity index (χ2n) is 3.88. The molecule has 0 aromatic heterocycles. The molecule has 0 amide bonds. The topological polar surface area (TPSA) is 17.1 Å². The quantitative estimate of drug-likeness (QED) is 0.610. The van der Waals surface area contributed by atoms with E-state index in [0.29, 0.717) is 6.42 Å². The van der Waals surface area contributed by atoms with Crippen LogP contribution in [0.15, 0.2) is 60.7 Å². The van der Waals surface area contributed by atoms with Gasteiger partial charge in [0, 0.05) is 0 Å². The fraction of sp³-hybridized carbons (Fsp3) is 0.133. The molecule has 1 nitrogen and oxygen atoms in total. The van der Waals surface area contributed by atoms with Crippen LogP contribution in [0.3, 0.4) is 0 Å². The summed E-state index contributed by atoms with van der Waals surface area (Å²) in [7, 11) is 0. The monoisotopic (exact) mass is 324 g/mol. The molecule has 1 unspecified atom stereocenters. The Hall–Kier alpha value is -1.08. The minimum absolute atomic E-state index is 0.00528. The summed E-state index contributed by atoms with van der Waals surface area (Å²) < 4.78 is 0.770. The molecule has 0 aliphatic heterocycles. The maximum absolute atomic E-state index is 12.0. The van der Waals surface area contributed by atoms with E-state index >= 15 is 0 Å². The molecule has 0 saturated carbocycles. The number of alkyl halides is 1. The fourth-order valence-corrected chi connectivity index (χ4v) is 3.78. The van der Waals surface area contributed by atoms with E-state index in [1.165, 1.54) is 0 Å². The summed E-state index contributed by atoms with van der Waals surface area (Å²) in [4.78, 5) is 12.0. The van der Waals surface area contributed by atoms with E-state index in [9.17, 15) is 4.79 Å². The third kappa shape index (κ3) is 3.99. The van der Waals surface area contributed by atoms with Crippen LogP contribution in [0.4, 0.5) is 0 Å². The molecule has 0 aliphatic rings. The van der Waals surface area contributed by atoms with Crippen LogP contribution >= 0.6 is 11.6 Å². The zero-order valence-corrected chi connectivity index (χ0v) is 12.2. The molecule has 0 N–H and O–H groups in total. The Morgan fingerprint density at radius 2 is 1.56 bits per heavy atom. The van der Waals surface area contributed by atoms with Gasteiger partial charge in [0.25, 0.3) is 0 Å². The van der Waals surface area contributed by atoms with Gasteiger partial charge in [-0.2, -0.15) is 0 Å². The van der Waals surface area contributed by atoms with Crippen LogP contribution in [0.5, 0.6) is 0 Å². The number of rotatable bonds is 5. The van der Waals surface area contributed by atoms with Crippen LogP contribution in [0.2, 0.25) is 0 Å². The van der Waals surface area contributed by atoms with Crippen LogP contribution in [-0.4, -0.2) is 25.0 Å². The van der Waals surface area contributed by atoms with Gasteiger partial charge in [-0.15, -0.1) is 0 Å². The standard InChI is InChI=1S/C15H13ClOSe/c16-15(18-13-9-5-2-6-10-13)14(17)11-12-7-3-1-4-8-12/h1-10,15H,11H2. The number of carbonyl (C=O) groups is 1. The average molecular weight is 324 g/mol. The normalized spacial score (nSPS) is 12.1. The molecule has 0 spiro atoms. The van der Waals surface area contributed by atoms with Gasteiger partial charge in [0.15, 0.2) is 0 Å². The van der Waals surface area contributed by atoms with Gasteiger partial charge in [-0.1, -0.05) is 0 Å². The molecule has 1 atom stereocenters. The van der Waals surface area contributed by atoms with Crippen molar-refractivity contribution >= 4 is 36.8 Å². The first-order valence-corrected chi connectivity index (χ1v) is 7.96. The number of hydrogen-bond acceptors (Lipinski definition) is 1. The molecular weight excluding hydrogens is 311 g/mol. The van der Waals surface area contributed by atoms with Crippen molar-refractivity contribution in [3.05, 3.63) is 66.2 Å². The van der Waals surface area contributed by atoms with Crippen molar-refractivity contribution in [2.75, 3.05) is 0 Å². The van der Waals surface area contributed by atoms with Gasteiger partial charge >= 0.3 is 119 Å². The number of ketones is 1. The predicted molar refractivity (Wildman–Crippen MR) is 76.6 cm³/mol. The molecule has 0 bridgehead atoms. The number of carbonyl (C=O) groups excluding carboxylic acids is 1. The fourth-order valence-electron chi connectivity index (χ4n) is 1.56. The number of Topliss-reactive ketones (excluding diaryl/α,β-unsaturated/α-hetero) is 1. The van der Waals surface area contributed by atoms with E-state index in [4.69, 9.17) is 11.6 Å². The van der Waals surface area contributed by atoms with Gasteiger partial charge in [0.1, 0.15) is 0 Å². The molecule has 2 aromatic rings. The molecule has 2 aromatic carbocycles. The Kier molecular flexibility index (Phi) is 5.00. The van der Waals surface area contributed by atoms with E-state index in [0.717, 1.165) is 10.0 Å². The van der Waals surface area contributed by atoms with Crippen LogP contribution < -0.4 is 4.46 Å². The number of hydrogen-bond donors (Lipinski definition) is 0. The molecule has 0 aliphatic carbocycles. The van der Waals surface area contributed by atoms with Crippen molar-refractivity contribution < 1.29 is 4.79 Å². The third-order valence-corrected chi connectivity index (χ3v) is 5.29. The molecular formula is C15H13ClOSe. The zero-order chi connectivity index (χ0) is 12.8. The first-order chi connectivity index (χ1) is 8.75. The molecule has 0 heterocycles. The predicted octanol–water partition coefficient (Wildman–Crippen LogP) is 2.39. The zero-order valence-electron chi connectivity index (χ0n) is 9.75. The molecule has 0 saturated heterocycles. The van der Waals surface area contributed by atoms with Gasteiger partial charge in [-0.05, 0) is 0 Å². The summed E-state index contributed by atoms with van der Waals surface area (Å²) in [6, 6.07) is 19.7. The molecule has 0 fully saturated rings. The maximum atomic E-state index is 12.0. The summed E-state index contributed by atoms with van der Waals surface area (Å²) in [5, 5.41) is 0. The van der Waals surface area contributed by atoms with Crippen molar-refractivity contribution in [2.24, 2.45) is 0 Å². The van der Waals surface area contributed by atoms with Gasteiger partial charge in [0.05, 0.1) is 0 Å². The van der Waals surface area contributed by atoms with Crippen LogP contribution in [0, 0.1) is 0 Å². The van der Waals surface area contributed by atoms with Gasteiger partial charge in [0.2, 0.25) is 0 Å². The summed E-state index contributed by atoms with van der Waals surface area (Å²) in [5.74, 6) is 0.103. The van der Waals surface area contributed by atoms with E-state index in [1.807, 2.05) is 60.7 Å². The van der Waals surface area contributed by atoms with Crippen LogP contribution in [-0.2, 0) is 11.2 Å². The number of halogens is 1. The Balaban J connectivity index is 1.93. The Morgan fingerprint density at radius 3 is 2.17 bits per heavy atom. The second kappa shape index (κ2) is 6.75. The summed E-state index contributed by atoms with van der Waals surface area (Å²) in [6.07, 6.45) is 0.420. The SMILES string of the molecule is O=C(Cc1ccccc1)C(Cl)[Se]c1ccccc1. The molecule has 0 radical (unpaired) electrons. The number of benzene rings is 2. The Bertz CT molecular complexity index is 498. The summed E-state index contributed by atoms with van der Waals surface area (Å²) in [5.41, 5.74) is 1.03. The average Bonchev–Trinajstić information content (AvgIpc) is 2.41. The van der Waals surface area contributed by atoms with Crippen molar-refractivity contribution in [2.45, 2.75) is 10.7 Å². The first-order valence-electron chi connectivity index (χ1n) is 5.68. The van der Waals surface area contributed by atoms with Crippen LogP contribution in [0.1, 0.15) is 5.56 Å². The first kappa shape index (κ1) is 13.4. The van der Waals surface area contributed by atoms with Crippen LogP contribution in [0.25, 0.3) is 0 Å². The van der Waals surface area contributed by atoms with E-state index in [1.54, 1.807) is 0 Å². The molecule has 18 heavy (non-hydrogen) atoms. The van der Waals surface area contributed by atoms with Gasteiger partial charge in [-0.3, -0.25) is 0 Å². The van der Waals surface area contributed by atoms with Gasteiger partial charge in [-0.25, -0.2) is 0 Å². The molecule has 2 rings (SSSR count). The van der Waals surface area contributed by atoms with Crippen molar-refractivity contribution in [3.63, 3.8) is 0 Å². The van der Waals surface area contributed by atoms with Gasteiger partial charge < -0.3 is 0 Å². The summed E-state index contributed by atoms with van der Waals surface area (Å²) in [6.45, 7) is 0. The van der Waals surface area contributed by atoms with Crippen molar-refractivity contribution in [1.29, 1.82) is 0 Å². The summed E-state index contributed by atoms with van der Waals surface area (Å²) >= 11 is 6.19. The minimum atomic E-state index is -0.389.